The predicted molar refractivity (Wildman–Crippen MR) is 47.9 cm³/mol. The summed E-state index contributed by atoms with van der Waals surface area (Å²) >= 11 is 0. The van der Waals surface area contributed by atoms with E-state index in [-0.39, 0.29) is 11.9 Å². The van der Waals surface area contributed by atoms with Crippen LogP contribution in [-0.2, 0) is 4.79 Å². The highest BCUT2D eigenvalue weighted by Gasteiger charge is 2.21. The molecule has 1 N–H and O–H groups in total. The number of carbonyl (C=O) groups excluding carboxylic acids is 1. The fourth-order valence-electron chi connectivity index (χ4n) is 1.43. The average molecular weight is 169 g/mol. The summed E-state index contributed by atoms with van der Waals surface area (Å²) in [5.74, 6) is 0.0531. The molecule has 0 aliphatic carbocycles. The van der Waals surface area contributed by atoms with Crippen molar-refractivity contribution in [2.24, 2.45) is 0 Å². The van der Waals surface area contributed by atoms with E-state index in [4.69, 9.17) is 0 Å². The number of piperazine rings is 1. The van der Waals surface area contributed by atoms with Gasteiger partial charge in [-0.3, -0.25) is 4.79 Å². The Kier molecular flexibility index (Phi) is 4.08. The van der Waals surface area contributed by atoms with Crippen LogP contribution in [0.4, 0.5) is 0 Å². The number of nitrogens with zero attached hydrogens (tertiary/aromatic N) is 1. The van der Waals surface area contributed by atoms with Gasteiger partial charge in [-0.25, -0.2) is 5.32 Å². The molecule has 1 saturated heterocycles. The third-order valence-corrected chi connectivity index (χ3v) is 2.16. The lowest BCUT2D eigenvalue weighted by Gasteiger charge is -2.21. The third-order valence-electron chi connectivity index (χ3n) is 2.16. The lowest BCUT2D eigenvalue weighted by atomic mass is 10.1. The van der Waals surface area contributed by atoms with E-state index in [1.54, 1.807) is 0 Å². The molecule has 12 heavy (non-hydrogen) atoms. The van der Waals surface area contributed by atoms with E-state index in [1.165, 1.54) is 12.8 Å². The van der Waals surface area contributed by atoms with Gasteiger partial charge < -0.3 is 5.32 Å². The molecule has 0 aromatic heterocycles. The first-order chi connectivity index (χ1) is 5.84. The van der Waals surface area contributed by atoms with Crippen molar-refractivity contribution in [3.8, 4) is 0 Å². The maximum Gasteiger partial charge on any atom is 0.258 e. The minimum Gasteiger partial charge on any atom is -0.304 e. The van der Waals surface area contributed by atoms with Crippen molar-refractivity contribution >= 4 is 5.91 Å². The summed E-state index contributed by atoms with van der Waals surface area (Å²) in [4.78, 5) is 11.2. The van der Waals surface area contributed by atoms with Gasteiger partial charge >= 0.3 is 0 Å². The summed E-state index contributed by atoms with van der Waals surface area (Å²) < 4.78 is 0. The molecular formula is C9H17N2O. The molecule has 0 bridgehead atoms. The van der Waals surface area contributed by atoms with Gasteiger partial charge in [0, 0.05) is 6.54 Å². The van der Waals surface area contributed by atoms with Crippen LogP contribution in [0.25, 0.3) is 0 Å². The van der Waals surface area contributed by atoms with Crippen molar-refractivity contribution in [1.82, 2.24) is 10.6 Å². The number of hydrogen-bond donors (Lipinski definition) is 1. The topological polar surface area (TPSA) is 43.2 Å². The van der Waals surface area contributed by atoms with Gasteiger partial charge in [0.15, 0.2) is 0 Å². The Morgan fingerprint density at radius 3 is 3.08 bits per heavy atom. The van der Waals surface area contributed by atoms with Crippen molar-refractivity contribution in [2.45, 2.75) is 38.6 Å². The number of amides is 1. The Balaban J connectivity index is 2.16. The van der Waals surface area contributed by atoms with Gasteiger partial charge in [0.25, 0.3) is 5.91 Å². The van der Waals surface area contributed by atoms with Crippen LogP contribution in [0.5, 0.6) is 0 Å². The minimum absolute atomic E-state index is 0.0188. The lowest BCUT2D eigenvalue weighted by Crippen LogP contribution is -2.49. The minimum atomic E-state index is 0.0188. The van der Waals surface area contributed by atoms with E-state index >= 15 is 0 Å². The normalized spacial score (nSPS) is 23.8. The molecule has 69 valence electrons. The van der Waals surface area contributed by atoms with Crippen molar-refractivity contribution < 1.29 is 4.79 Å². The molecule has 3 heteroatoms. The number of hydrogen-bond acceptors (Lipinski definition) is 2. The molecule has 1 aliphatic heterocycles. The number of nitrogens with one attached hydrogen (secondary N) is 1. The Morgan fingerprint density at radius 2 is 2.42 bits per heavy atom. The van der Waals surface area contributed by atoms with E-state index < -0.39 is 0 Å². The number of carbonyl (C=O) groups is 1. The molecule has 1 amide bonds. The Hall–Kier alpha value is -0.570. The van der Waals surface area contributed by atoms with Crippen LogP contribution in [0.15, 0.2) is 0 Å². The van der Waals surface area contributed by atoms with Gasteiger partial charge in [-0.15, -0.1) is 0 Å². The van der Waals surface area contributed by atoms with Gasteiger partial charge in [0.1, 0.15) is 0 Å². The van der Waals surface area contributed by atoms with Gasteiger partial charge in [-0.1, -0.05) is 26.2 Å². The molecule has 1 fully saturated rings. The molecule has 1 rings (SSSR count). The highest BCUT2D eigenvalue weighted by Crippen LogP contribution is 2.05. The lowest BCUT2D eigenvalue weighted by molar-refractivity contribution is -0.124. The quantitative estimate of drug-likeness (QED) is 0.628. The van der Waals surface area contributed by atoms with Gasteiger partial charge in [-0.05, 0) is 6.42 Å². The number of rotatable bonds is 4. The third kappa shape index (κ3) is 2.81. The van der Waals surface area contributed by atoms with E-state index in [0.29, 0.717) is 6.54 Å². The summed E-state index contributed by atoms with van der Waals surface area (Å²) in [5.41, 5.74) is 0. The van der Waals surface area contributed by atoms with Crippen LogP contribution < -0.4 is 10.6 Å². The highest BCUT2D eigenvalue weighted by molar-refractivity contribution is 5.82. The van der Waals surface area contributed by atoms with Crippen molar-refractivity contribution in [2.75, 3.05) is 13.1 Å². The van der Waals surface area contributed by atoms with Gasteiger partial charge in [-0.2, -0.15) is 0 Å². The summed E-state index contributed by atoms with van der Waals surface area (Å²) in [7, 11) is 0. The van der Waals surface area contributed by atoms with E-state index in [2.05, 4.69) is 17.6 Å². The van der Waals surface area contributed by atoms with E-state index in [1.807, 2.05) is 0 Å². The molecule has 0 aromatic carbocycles. The predicted octanol–water partition coefficient (Wildman–Crippen LogP) is 0.669. The Bertz CT molecular complexity index is 147. The largest absolute Gasteiger partial charge is 0.304 e. The maximum atomic E-state index is 11.2. The van der Waals surface area contributed by atoms with Crippen LogP contribution in [0.1, 0.15) is 32.6 Å². The summed E-state index contributed by atoms with van der Waals surface area (Å²) in [5, 5.41) is 7.07. The molecule has 3 nitrogen and oxygen atoms in total. The zero-order valence-electron chi connectivity index (χ0n) is 7.68. The van der Waals surface area contributed by atoms with Crippen LogP contribution in [0, 0.1) is 0 Å². The van der Waals surface area contributed by atoms with Crippen molar-refractivity contribution in [1.29, 1.82) is 0 Å². The molecule has 0 spiro atoms. The monoisotopic (exact) mass is 169 g/mol. The fourth-order valence-corrected chi connectivity index (χ4v) is 1.43. The maximum absolute atomic E-state index is 11.2. The molecule has 1 aliphatic rings. The Morgan fingerprint density at radius 1 is 1.58 bits per heavy atom. The summed E-state index contributed by atoms with van der Waals surface area (Å²) in [6.07, 6.45) is 4.51. The zero-order valence-corrected chi connectivity index (χ0v) is 7.68. The van der Waals surface area contributed by atoms with Crippen LogP contribution in [0.3, 0.4) is 0 Å². The second-order valence-corrected chi connectivity index (χ2v) is 3.22. The molecule has 1 unspecified atom stereocenters. The molecule has 1 heterocycles. The number of unbranched alkanes of at least 4 members (excludes halogenated alkanes) is 2. The van der Waals surface area contributed by atoms with Crippen LogP contribution in [0.2, 0.25) is 0 Å². The first kappa shape index (κ1) is 9.52. The van der Waals surface area contributed by atoms with E-state index in [0.717, 1.165) is 19.4 Å². The first-order valence-electron chi connectivity index (χ1n) is 4.79. The first-order valence-corrected chi connectivity index (χ1v) is 4.79. The highest BCUT2D eigenvalue weighted by atomic mass is 16.2. The van der Waals surface area contributed by atoms with Crippen LogP contribution >= 0.6 is 0 Å². The fraction of sp³-hybridized carbons (Fsp3) is 0.889. The van der Waals surface area contributed by atoms with Crippen molar-refractivity contribution in [3.05, 3.63) is 0 Å². The molecule has 0 aromatic rings. The smallest absolute Gasteiger partial charge is 0.258 e. The molecule has 1 atom stereocenters. The van der Waals surface area contributed by atoms with Gasteiger partial charge in [0.2, 0.25) is 0 Å². The Labute approximate surface area is 73.9 Å². The zero-order chi connectivity index (χ0) is 8.81. The summed E-state index contributed by atoms with van der Waals surface area (Å²) in [6.45, 7) is 3.69. The standard InChI is InChI=1S/C9H17N2O/c1-2-3-4-5-8-9(12)11-7-6-10-8/h8,10H,2-7H2,1H3. The van der Waals surface area contributed by atoms with E-state index in [9.17, 15) is 4.79 Å². The average Bonchev–Trinajstić information content (AvgIpc) is 2.09. The van der Waals surface area contributed by atoms with Crippen molar-refractivity contribution in [3.63, 3.8) is 0 Å². The molecule has 1 radical (unpaired) electrons. The van der Waals surface area contributed by atoms with Gasteiger partial charge in [0.05, 0.1) is 12.6 Å². The molecule has 0 saturated carbocycles. The van der Waals surface area contributed by atoms with Crippen LogP contribution in [-0.4, -0.2) is 25.0 Å². The second-order valence-electron chi connectivity index (χ2n) is 3.22. The summed E-state index contributed by atoms with van der Waals surface area (Å²) in [6, 6.07) is 0.0188. The SMILES string of the molecule is CCCCCC1NCC[N]C1=O. The second kappa shape index (κ2) is 5.14. The molecular weight excluding hydrogens is 152 g/mol.